The molecule has 1 amide bonds. The van der Waals surface area contributed by atoms with Gasteiger partial charge in [0, 0.05) is 25.2 Å². The Morgan fingerprint density at radius 1 is 1.26 bits per heavy atom. The minimum atomic E-state index is -0.118. The van der Waals surface area contributed by atoms with Gasteiger partial charge in [-0.15, -0.1) is 0 Å². The van der Waals surface area contributed by atoms with Gasteiger partial charge in [-0.05, 0) is 37.8 Å². The van der Waals surface area contributed by atoms with Crippen molar-refractivity contribution in [1.82, 2.24) is 15.2 Å². The van der Waals surface area contributed by atoms with Crippen LogP contribution in [0.15, 0.2) is 18.2 Å². The Morgan fingerprint density at radius 2 is 2.00 bits per heavy atom. The Balaban J connectivity index is 1.52. The zero-order valence-electron chi connectivity index (χ0n) is 10.8. The number of nitrogens with one attached hydrogen (secondary N) is 1. The van der Waals surface area contributed by atoms with Crippen molar-refractivity contribution in [1.29, 1.82) is 0 Å². The molecular weight excluding hydrogens is 262 g/mol. The highest BCUT2D eigenvalue weighted by atomic mass is 35.5. The van der Waals surface area contributed by atoms with Gasteiger partial charge in [0.1, 0.15) is 10.8 Å². The molecule has 0 aromatic carbocycles. The topological polar surface area (TPSA) is 45.2 Å². The van der Waals surface area contributed by atoms with E-state index in [1.807, 2.05) is 0 Å². The summed E-state index contributed by atoms with van der Waals surface area (Å²) >= 11 is 5.79. The number of carbonyl (C=O) groups excluding carboxylic acids is 1. The third kappa shape index (κ3) is 3.25. The molecule has 2 heterocycles. The molecule has 5 heteroatoms. The van der Waals surface area contributed by atoms with Gasteiger partial charge in [-0.3, -0.25) is 4.79 Å². The summed E-state index contributed by atoms with van der Waals surface area (Å²) in [6.45, 7) is 2.19. The van der Waals surface area contributed by atoms with Gasteiger partial charge < -0.3 is 10.2 Å². The fourth-order valence-electron chi connectivity index (χ4n) is 2.64. The van der Waals surface area contributed by atoms with Gasteiger partial charge in [0.05, 0.1) is 0 Å². The molecule has 1 aromatic rings. The van der Waals surface area contributed by atoms with Crippen molar-refractivity contribution in [2.24, 2.45) is 0 Å². The fraction of sp³-hybridized carbons (Fsp3) is 0.571. The molecule has 1 aliphatic carbocycles. The minimum Gasteiger partial charge on any atom is -0.348 e. The third-order valence-electron chi connectivity index (χ3n) is 3.88. The second-order valence-electron chi connectivity index (χ2n) is 5.36. The Morgan fingerprint density at radius 3 is 2.63 bits per heavy atom. The van der Waals surface area contributed by atoms with Gasteiger partial charge in [-0.1, -0.05) is 17.7 Å². The Labute approximate surface area is 118 Å². The lowest BCUT2D eigenvalue weighted by Crippen LogP contribution is -2.45. The molecule has 1 aliphatic heterocycles. The van der Waals surface area contributed by atoms with Crippen LogP contribution < -0.4 is 5.32 Å². The van der Waals surface area contributed by atoms with E-state index in [0.717, 1.165) is 32.0 Å². The van der Waals surface area contributed by atoms with Crippen molar-refractivity contribution in [3.8, 4) is 0 Å². The number of pyridine rings is 1. The van der Waals surface area contributed by atoms with E-state index < -0.39 is 0 Å². The standard InChI is InChI=1S/C14H18ClN3O/c15-13-3-1-2-12(17-13)14(19)16-10-6-8-18(9-7-10)11-4-5-11/h1-3,10-11H,4-9H2,(H,16,19). The Bertz CT molecular complexity index is 468. The molecule has 0 bridgehead atoms. The lowest BCUT2D eigenvalue weighted by atomic mass is 10.0. The minimum absolute atomic E-state index is 0.118. The van der Waals surface area contributed by atoms with Crippen molar-refractivity contribution in [2.75, 3.05) is 13.1 Å². The van der Waals surface area contributed by atoms with Gasteiger partial charge in [-0.2, -0.15) is 0 Å². The molecule has 1 saturated carbocycles. The highest BCUT2D eigenvalue weighted by molar-refractivity contribution is 6.29. The fourth-order valence-corrected chi connectivity index (χ4v) is 2.81. The molecule has 19 heavy (non-hydrogen) atoms. The van der Waals surface area contributed by atoms with Crippen LogP contribution in [0.1, 0.15) is 36.2 Å². The van der Waals surface area contributed by atoms with Crippen molar-refractivity contribution < 1.29 is 4.79 Å². The van der Waals surface area contributed by atoms with Crippen LogP contribution in [0.4, 0.5) is 0 Å². The van der Waals surface area contributed by atoms with Crippen molar-refractivity contribution in [3.63, 3.8) is 0 Å². The quantitative estimate of drug-likeness (QED) is 0.862. The van der Waals surface area contributed by atoms with Crippen molar-refractivity contribution in [2.45, 2.75) is 37.8 Å². The highest BCUT2D eigenvalue weighted by Crippen LogP contribution is 2.29. The van der Waals surface area contributed by atoms with Gasteiger partial charge in [0.25, 0.3) is 5.91 Å². The van der Waals surface area contributed by atoms with Gasteiger partial charge in [0.2, 0.25) is 0 Å². The van der Waals surface area contributed by atoms with Crippen molar-refractivity contribution in [3.05, 3.63) is 29.0 Å². The van der Waals surface area contributed by atoms with E-state index in [4.69, 9.17) is 11.6 Å². The molecule has 3 rings (SSSR count). The maximum atomic E-state index is 12.0. The summed E-state index contributed by atoms with van der Waals surface area (Å²) in [4.78, 5) is 18.6. The van der Waals surface area contributed by atoms with Crippen LogP contribution in [0.2, 0.25) is 5.15 Å². The molecule has 2 fully saturated rings. The summed E-state index contributed by atoms with van der Waals surface area (Å²) < 4.78 is 0. The number of aromatic nitrogens is 1. The number of halogens is 1. The second kappa shape index (κ2) is 5.47. The third-order valence-corrected chi connectivity index (χ3v) is 4.09. The smallest absolute Gasteiger partial charge is 0.270 e. The maximum Gasteiger partial charge on any atom is 0.270 e. The summed E-state index contributed by atoms with van der Waals surface area (Å²) in [7, 11) is 0. The summed E-state index contributed by atoms with van der Waals surface area (Å²) in [5, 5.41) is 3.41. The predicted octanol–water partition coefficient (Wildman–Crippen LogP) is 2.09. The average molecular weight is 280 g/mol. The first-order chi connectivity index (χ1) is 9.22. The van der Waals surface area contributed by atoms with Crippen molar-refractivity contribution >= 4 is 17.5 Å². The van der Waals surface area contributed by atoms with Crippen LogP contribution in [0.3, 0.4) is 0 Å². The molecule has 1 saturated heterocycles. The lowest BCUT2D eigenvalue weighted by molar-refractivity contribution is 0.0904. The molecule has 102 valence electrons. The number of hydrogen-bond acceptors (Lipinski definition) is 3. The van der Waals surface area contributed by atoms with Crippen LogP contribution in [0.5, 0.6) is 0 Å². The molecule has 0 radical (unpaired) electrons. The van der Waals surface area contributed by atoms with Crippen LogP contribution in [-0.2, 0) is 0 Å². The Hall–Kier alpha value is -1.13. The van der Waals surface area contributed by atoms with Crippen LogP contribution in [0.25, 0.3) is 0 Å². The summed E-state index contributed by atoms with van der Waals surface area (Å²) in [6.07, 6.45) is 4.76. The average Bonchev–Trinajstić information content (AvgIpc) is 3.24. The van der Waals surface area contributed by atoms with Crippen LogP contribution in [0, 0.1) is 0 Å². The second-order valence-corrected chi connectivity index (χ2v) is 5.75. The van der Waals surface area contributed by atoms with E-state index in [0.29, 0.717) is 10.8 Å². The number of amides is 1. The van der Waals surface area contributed by atoms with Crippen LogP contribution in [-0.4, -0.2) is 41.0 Å². The highest BCUT2D eigenvalue weighted by Gasteiger charge is 2.32. The molecule has 4 nitrogen and oxygen atoms in total. The van der Waals surface area contributed by atoms with E-state index in [2.05, 4.69) is 15.2 Å². The molecule has 1 N–H and O–H groups in total. The SMILES string of the molecule is O=C(NC1CCN(C2CC2)CC1)c1cccc(Cl)n1. The largest absolute Gasteiger partial charge is 0.348 e. The number of carbonyl (C=O) groups is 1. The van der Waals surface area contributed by atoms with E-state index in [9.17, 15) is 4.79 Å². The first-order valence-electron chi connectivity index (χ1n) is 6.90. The number of piperidine rings is 1. The first-order valence-corrected chi connectivity index (χ1v) is 7.27. The number of nitrogens with zero attached hydrogens (tertiary/aromatic N) is 2. The zero-order chi connectivity index (χ0) is 13.2. The molecule has 0 spiro atoms. The molecule has 0 unspecified atom stereocenters. The van der Waals surface area contributed by atoms with E-state index in [1.54, 1.807) is 18.2 Å². The molecule has 2 aliphatic rings. The number of hydrogen-bond donors (Lipinski definition) is 1. The number of rotatable bonds is 3. The van der Waals surface area contributed by atoms with Gasteiger partial charge in [0.15, 0.2) is 0 Å². The normalized spacial score (nSPS) is 21.3. The molecule has 1 aromatic heterocycles. The maximum absolute atomic E-state index is 12.0. The van der Waals surface area contributed by atoms with E-state index >= 15 is 0 Å². The summed E-state index contributed by atoms with van der Waals surface area (Å²) in [6, 6.07) is 6.21. The zero-order valence-corrected chi connectivity index (χ0v) is 11.6. The first kappa shape index (κ1) is 12.9. The number of likely N-dealkylation sites (tertiary alicyclic amines) is 1. The van der Waals surface area contributed by atoms with Crippen LogP contribution >= 0.6 is 11.6 Å². The van der Waals surface area contributed by atoms with Gasteiger partial charge >= 0.3 is 0 Å². The Kier molecular flexibility index (Phi) is 3.71. The molecular formula is C14H18ClN3O. The van der Waals surface area contributed by atoms with E-state index in [-0.39, 0.29) is 11.9 Å². The monoisotopic (exact) mass is 279 g/mol. The van der Waals surface area contributed by atoms with Gasteiger partial charge in [-0.25, -0.2) is 4.98 Å². The summed E-state index contributed by atoms with van der Waals surface area (Å²) in [5.41, 5.74) is 0.400. The lowest BCUT2D eigenvalue weighted by Gasteiger charge is -2.32. The van der Waals surface area contributed by atoms with E-state index in [1.165, 1.54) is 12.8 Å². The summed E-state index contributed by atoms with van der Waals surface area (Å²) in [5.74, 6) is -0.118. The molecule has 0 atom stereocenters. The predicted molar refractivity (Wildman–Crippen MR) is 74.3 cm³/mol.